The third-order valence-corrected chi connectivity index (χ3v) is 6.61. The van der Waals surface area contributed by atoms with Crippen molar-refractivity contribution in [1.82, 2.24) is 10.6 Å². The van der Waals surface area contributed by atoms with Crippen LogP contribution in [0.1, 0.15) is 32.8 Å². The second-order valence-electron chi connectivity index (χ2n) is 6.80. The van der Waals surface area contributed by atoms with Gasteiger partial charge >= 0.3 is 0 Å². The first-order valence-electron chi connectivity index (χ1n) is 8.24. The highest BCUT2D eigenvalue weighted by Gasteiger charge is 2.29. The Morgan fingerprint density at radius 2 is 2.08 bits per heavy atom. The number of aliphatic imine (C=N–C) groups is 1. The number of guanidine groups is 1. The molecule has 1 heterocycles. The van der Waals surface area contributed by atoms with Gasteiger partial charge in [-0.25, -0.2) is 8.42 Å². The Balaban J connectivity index is 2.09. The van der Waals surface area contributed by atoms with E-state index in [2.05, 4.69) is 46.5 Å². The van der Waals surface area contributed by atoms with E-state index in [0.29, 0.717) is 18.9 Å². The molecule has 1 aromatic rings. The molecule has 0 amide bonds. The van der Waals surface area contributed by atoms with Crippen LogP contribution in [0.25, 0.3) is 0 Å². The molecule has 5 nitrogen and oxygen atoms in total. The zero-order valence-electron chi connectivity index (χ0n) is 14.5. The zero-order chi connectivity index (χ0) is 17.8. The Labute approximate surface area is 153 Å². The van der Waals surface area contributed by atoms with Gasteiger partial charge in [0, 0.05) is 22.5 Å². The van der Waals surface area contributed by atoms with Crippen LogP contribution in [0.15, 0.2) is 33.7 Å². The van der Waals surface area contributed by atoms with Crippen LogP contribution in [0.4, 0.5) is 0 Å². The molecule has 1 aliphatic rings. The number of hydrogen-bond donors (Lipinski definition) is 2. The summed E-state index contributed by atoms with van der Waals surface area (Å²) in [5.74, 6) is 1.12. The number of nitrogens with zero attached hydrogens (tertiary/aromatic N) is 1. The van der Waals surface area contributed by atoms with Crippen LogP contribution in [0.2, 0.25) is 0 Å². The van der Waals surface area contributed by atoms with E-state index >= 15 is 0 Å². The molecule has 0 aliphatic carbocycles. The minimum absolute atomic E-state index is 0.0561. The second-order valence-corrected chi connectivity index (χ2v) is 9.89. The summed E-state index contributed by atoms with van der Waals surface area (Å²) < 4.78 is 24.3. The summed E-state index contributed by atoms with van der Waals surface area (Å²) in [6.45, 7) is 7.65. The normalized spacial score (nSPS) is 20.8. The van der Waals surface area contributed by atoms with E-state index in [4.69, 9.17) is 4.99 Å². The highest BCUT2D eigenvalue weighted by Crippen LogP contribution is 2.30. The van der Waals surface area contributed by atoms with Crippen molar-refractivity contribution in [2.24, 2.45) is 4.99 Å². The predicted octanol–water partition coefficient (Wildman–Crippen LogP) is 2.47. The first kappa shape index (κ1) is 19.2. The van der Waals surface area contributed by atoms with Gasteiger partial charge in [-0.1, -0.05) is 48.0 Å². The molecule has 1 aliphatic heterocycles. The van der Waals surface area contributed by atoms with Gasteiger partial charge in [-0.3, -0.25) is 4.99 Å². The summed E-state index contributed by atoms with van der Waals surface area (Å²) in [5, 5.41) is 6.47. The van der Waals surface area contributed by atoms with Crippen LogP contribution in [-0.4, -0.2) is 45.0 Å². The van der Waals surface area contributed by atoms with Gasteiger partial charge in [-0.05, 0) is 25.0 Å². The number of benzene rings is 1. The molecule has 0 radical (unpaired) electrons. The maximum absolute atomic E-state index is 11.6. The van der Waals surface area contributed by atoms with Crippen molar-refractivity contribution in [2.45, 2.75) is 38.6 Å². The first-order chi connectivity index (χ1) is 11.2. The largest absolute Gasteiger partial charge is 0.357 e. The van der Waals surface area contributed by atoms with Gasteiger partial charge in [0.05, 0.1) is 18.1 Å². The monoisotopic (exact) mass is 415 g/mol. The molecule has 1 aromatic carbocycles. The lowest BCUT2D eigenvalue weighted by atomic mass is 9.85. The summed E-state index contributed by atoms with van der Waals surface area (Å²) in [6, 6.07) is 8.11. The molecule has 1 fully saturated rings. The van der Waals surface area contributed by atoms with Crippen LogP contribution >= 0.6 is 15.9 Å². The van der Waals surface area contributed by atoms with Crippen LogP contribution in [-0.2, 0) is 15.3 Å². The van der Waals surface area contributed by atoms with Crippen LogP contribution in [0.3, 0.4) is 0 Å². The number of nitrogens with one attached hydrogen (secondary N) is 2. The molecular weight excluding hydrogens is 390 g/mol. The molecule has 134 valence electrons. The van der Waals surface area contributed by atoms with E-state index in [1.54, 1.807) is 0 Å². The van der Waals surface area contributed by atoms with Crippen LogP contribution in [0, 0.1) is 0 Å². The zero-order valence-corrected chi connectivity index (χ0v) is 16.9. The lowest BCUT2D eigenvalue weighted by Crippen LogP contribution is -2.44. The van der Waals surface area contributed by atoms with Gasteiger partial charge in [0.15, 0.2) is 15.8 Å². The van der Waals surface area contributed by atoms with E-state index in [9.17, 15) is 8.42 Å². The fourth-order valence-corrected chi connectivity index (χ4v) is 5.29. The molecule has 1 unspecified atom stereocenters. The summed E-state index contributed by atoms with van der Waals surface area (Å²) >= 11 is 3.61. The highest BCUT2D eigenvalue weighted by molar-refractivity contribution is 9.10. The second kappa shape index (κ2) is 7.87. The third kappa shape index (κ3) is 5.21. The molecule has 2 rings (SSSR count). The molecule has 24 heavy (non-hydrogen) atoms. The maximum atomic E-state index is 11.6. The van der Waals surface area contributed by atoms with E-state index in [0.717, 1.165) is 11.0 Å². The Bertz CT molecular complexity index is 702. The number of halogens is 1. The quantitative estimate of drug-likeness (QED) is 0.572. The smallest absolute Gasteiger partial charge is 0.191 e. The molecular formula is C17H26BrN3O2S. The van der Waals surface area contributed by atoms with Gasteiger partial charge in [0.1, 0.15) is 0 Å². The molecule has 1 saturated heterocycles. The molecule has 2 N–H and O–H groups in total. The van der Waals surface area contributed by atoms with Gasteiger partial charge in [-0.2, -0.15) is 0 Å². The average molecular weight is 416 g/mol. The van der Waals surface area contributed by atoms with Crippen molar-refractivity contribution in [3.63, 3.8) is 0 Å². The predicted molar refractivity (Wildman–Crippen MR) is 103 cm³/mol. The summed E-state index contributed by atoms with van der Waals surface area (Å²) in [7, 11) is -2.90. The lowest BCUT2D eigenvalue weighted by molar-refractivity contribution is 0.532. The van der Waals surface area contributed by atoms with Crippen molar-refractivity contribution in [1.29, 1.82) is 0 Å². The van der Waals surface area contributed by atoms with E-state index in [1.807, 2.05) is 25.1 Å². The Morgan fingerprint density at radius 1 is 1.38 bits per heavy atom. The fourth-order valence-electron chi connectivity index (χ4n) is 2.79. The average Bonchev–Trinajstić information content (AvgIpc) is 2.84. The summed E-state index contributed by atoms with van der Waals surface area (Å²) in [4.78, 5) is 4.69. The van der Waals surface area contributed by atoms with Crippen molar-refractivity contribution in [2.75, 3.05) is 24.6 Å². The fraction of sp³-hybridized carbons (Fsp3) is 0.588. The summed E-state index contributed by atoms with van der Waals surface area (Å²) in [6.07, 6.45) is 0.639. The minimum Gasteiger partial charge on any atom is -0.357 e. The number of rotatable bonds is 5. The molecule has 1 atom stereocenters. The Kier molecular flexibility index (Phi) is 6.31. The van der Waals surface area contributed by atoms with Gasteiger partial charge < -0.3 is 10.6 Å². The van der Waals surface area contributed by atoms with Crippen molar-refractivity contribution < 1.29 is 8.42 Å². The minimum atomic E-state index is -2.90. The van der Waals surface area contributed by atoms with E-state index in [1.165, 1.54) is 5.56 Å². The first-order valence-corrected chi connectivity index (χ1v) is 10.9. The standard InChI is InChI=1S/C17H26BrN3O2S/c1-4-19-16(21-13-9-10-24(22,23)11-13)20-12-17(2,3)14-7-5-6-8-15(14)18/h5-8,13H,4,9-12H2,1-3H3,(H2,19,20,21). The highest BCUT2D eigenvalue weighted by atomic mass is 79.9. The van der Waals surface area contributed by atoms with Gasteiger partial charge in [-0.15, -0.1) is 0 Å². The van der Waals surface area contributed by atoms with Crippen molar-refractivity contribution in [3.8, 4) is 0 Å². The number of hydrogen-bond acceptors (Lipinski definition) is 3. The van der Waals surface area contributed by atoms with Crippen LogP contribution in [0.5, 0.6) is 0 Å². The Morgan fingerprint density at radius 3 is 2.67 bits per heavy atom. The van der Waals surface area contributed by atoms with Crippen molar-refractivity contribution >= 4 is 31.7 Å². The molecule has 0 spiro atoms. The number of sulfone groups is 1. The summed E-state index contributed by atoms with van der Waals surface area (Å²) in [5.41, 5.74) is 1.07. The van der Waals surface area contributed by atoms with Gasteiger partial charge in [0.2, 0.25) is 0 Å². The lowest BCUT2D eigenvalue weighted by Gasteiger charge is -2.25. The van der Waals surface area contributed by atoms with E-state index < -0.39 is 9.84 Å². The van der Waals surface area contributed by atoms with Crippen LogP contribution < -0.4 is 10.6 Å². The van der Waals surface area contributed by atoms with Gasteiger partial charge in [0.25, 0.3) is 0 Å². The Hall–Kier alpha value is -1.08. The third-order valence-electron chi connectivity index (χ3n) is 4.15. The molecule has 0 bridgehead atoms. The maximum Gasteiger partial charge on any atom is 0.191 e. The molecule has 0 aromatic heterocycles. The van der Waals surface area contributed by atoms with E-state index in [-0.39, 0.29) is 23.0 Å². The molecule has 0 saturated carbocycles. The topological polar surface area (TPSA) is 70.6 Å². The SMILES string of the molecule is CCNC(=NCC(C)(C)c1ccccc1Br)NC1CCS(=O)(=O)C1. The molecule has 7 heteroatoms. The van der Waals surface area contributed by atoms with Crippen molar-refractivity contribution in [3.05, 3.63) is 34.3 Å².